The second-order valence-electron chi connectivity index (χ2n) is 7.46. The highest BCUT2D eigenvalue weighted by Crippen LogP contribution is 2.32. The van der Waals surface area contributed by atoms with E-state index in [4.69, 9.17) is 4.74 Å². The van der Waals surface area contributed by atoms with E-state index >= 15 is 0 Å². The summed E-state index contributed by atoms with van der Waals surface area (Å²) in [4.78, 5) is 47.3. The van der Waals surface area contributed by atoms with Crippen LogP contribution < -0.4 is 15.5 Å². The third-order valence-corrected chi connectivity index (χ3v) is 5.00. The standard InChI is InChI=1S/C21H23F2N3O6/c1-11(27)25-8-15-9-26(21(30)32-15)14-6-16(22)20(17(23)7-14)13-3-4-24-18(5-13)19(29)10-31-12(2)28/h5-7,15,18,24H,3-4,8-10H2,1-2H3,(H,25,27)/t15-,18?/m0/s1. The van der Waals surface area contributed by atoms with Crippen LogP contribution in [0.25, 0.3) is 5.57 Å². The van der Waals surface area contributed by atoms with Gasteiger partial charge in [0, 0.05) is 26.0 Å². The van der Waals surface area contributed by atoms with E-state index in [9.17, 15) is 28.0 Å². The minimum absolute atomic E-state index is 0.0175. The van der Waals surface area contributed by atoms with E-state index < -0.39 is 48.2 Å². The zero-order valence-electron chi connectivity index (χ0n) is 17.6. The average molecular weight is 451 g/mol. The lowest BCUT2D eigenvalue weighted by Gasteiger charge is -2.23. The Balaban J connectivity index is 1.78. The second-order valence-corrected chi connectivity index (χ2v) is 7.46. The van der Waals surface area contributed by atoms with E-state index in [0.29, 0.717) is 12.1 Å². The molecule has 0 aromatic heterocycles. The molecule has 2 aliphatic heterocycles. The van der Waals surface area contributed by atoms with Gasteiger partial charge < -0.3 is 20.1 Å². The minimum Gasteiger partial charge on any atom is -0.458 e. The Morgan fingerprint density at radius 1 is 1.25 bits per heavy atom. The first-order valence-corrected chi connectivity index (χ1v) is 9.98. The van der Waals surface area contributed by atoms with Crippen molar-refractivity contribution in [3.8, 4) is 0 Å². The fourth-order valence-corrected chi connectivity index (χ4v) is 3.50. The van der Waals surface area contributed by atoms with Crippen LogP contribution in [0.2, 0.25) is 0 Å². The first kappa shape index (κ1) is 23.3. The number of cyclic esters (lactones) is 1. The molecular formula is C21H23F2N3O6. The topological polar surface area (TPSA) is 114 Å². The van der Waals surface area contributed by atoms with Crippen LogP contribution in [-0.4, -0.2) is 62.1 Å². The fraction of sp³-hybridized carbons (Fsp3) is 0.429. The minimum atomic E-state index is -0.891. The number of nitrogens with zero attached hydrogens (tertiary/aromatic N) is 1. The SMILES string of the molecule is CC(=O)NC[C@H]1CN(c2cc(F)c(C3=CC(C(=O)COC(C)=O)NCC3)c(F)c2)C(=O)O1. The van der Waals surface area contributed by atoms with Crippen LogP contribution in [0.15, 0.2) is 18.2 Å². The molecule has 2 amide bonds. The normalized spacial score (nSPS) is 20.4. The second kappa shape index (κ2) is 9.86. The molecule has 1 unspecified atom stereocenters. The smallest absolute Gasteiger partial charge is 0.414 e. The highest BCUT2D eigenvalue weighted by Gasteiger charge is 2.34. The zero-order chi connectivity index (χ0) is 23.4. The molecule has 172 valence electrons. The highest BCUT2D eigenvalue weighted by atomic mass is 19.1. The number of esters is 1. The van der Waals surface area contributed by atoms with Crippen LogP contribution in [0.1, 0.15) is 25.8 Å². The van der Waals surface area contributed by atoms with Crippen molar-refractivity contribution in [3.63, 3.8) is 0 Å². The van der Waals surface area contributed by atoms with E-state index in [1.807, 2.05) is 0 Å². The summed E-state index contributed by atoms with van der Waals surface area (Å²) in [7, 11) is 0. The number of hydrogen-bond donors (Lipinski definition) is 2. The molecule has 2 aliphatic rings. The average Bonchev–Trinajstić information content (AvgIpc) is 3.10. The third-order valence-electron chi connectivity index (χ3n) is 5.00. The molecule has 2 heterocycles. The van der Waals surface area contributed by atoms with Crippen molar-refractivity contribution in [2.45, 2.75) is 32.4 Å². The molecule has 1 aromatic carbocycles. The van der Waals surface area contributed by atoms with Gasteiger partial charge in [-0.2, -0.15) is 0 Å². The molecule has 0 saturated carbocycles. The molecule has 0 radical (unpaired) electrons. The van der Waals surface area contributed by atoms with Gasteiger partial charge in [-0.3, -0.25) is 19.3 Å². The van der Waals surface area contributed by atoms with Gasteiger partial charge in [0.2, 0.25) is 5.91 Å². The van der Waals surface area contributed by atoms with Gasteiger partial charge >= 0.3 is 12.1 Å². The highest BCUT2D eigenvalue weighted by molar-refractivity contribution is 5.92. The summed E-state index contributed by atoms with van der Waals surface area (Å²) in [6.45, 7) is 2.46. The van der Waals surface area contributed by atoms with E-state index in [1.165, 1.54) is 19.9 Å². The zero-order valence-corrected chi connectivity index (χ0v) is 17.6. The Morgan fingerprint density at radius 3 is 2.56 bits per heavy atom. The van der Waals surface area contributed by atoms with E-state index in [-0.39, 0.29) is 36.7 Å². The van der Waals surface area contributed by atoms with Crippen molar-refractivity contribution in [3.05, 3.63) is 35.4 Å². The Morgan fingerprint density at radius 2 is 1.94 bits per heavy atom. The first-order chi connectivity index (χ1) is 15.2. The molecule has 0 aliphatic carbocycles. The molecule has 2 N–H and O–H groups in total. The maximum Gasteiger partial charge on any atom is 0.414 e. The molecule has 0 bridgehead atoms. The van der Waals surface area contributed by atoms with Gasteiger partial charge in [0.25, 0.3) is 0 Å². The van der Waals surface area contributed by atoms with E-state index in [1.54, 1.807) is 0 Å². The summed E-state index contributed by atoms with van der Waals surface area (Å²) in [5.41, 5.74) is -0.0157. The van der Waals surface area contributed by atoms with Gasteiger partial charge in [-0.1, -0.05) is 6.08 Å². The Hall–Kier alpha value is -3.34. The van der Waals surface area contributed by atoms with E-state index in [2.05, 4.69) is 15.4 Å². The van der Waals surface area contributed by atoms with Crippen LogP contribution in [0.5, 0.6) is 0 Å². The summed E-state index contributed by atoms with van der Waals surface area (Å²) in [6, 6.07) is 1.21. The van der Waals surface area contributed by atoms with Gasteiger partial charge in [-0.25, -0.2) is 13.6 Å². The van der Waals surface area contributed by atoms with Gasteiger partial charge in [-0.15, -0.1) is 0 Å². The fourth-order valence-electron chi connectivity index (χ4n) is 3.50. The van der Waals surface area contributed by atoms with Crippen molar-refractivity contribution < 1.29 is 37.4 Å². The number of amides is 2. The summed E-state index contributed by atoms with van der Waals surface area (Å²) < 4.78 is 39.6. The molecule has 0 spiro atoms. The van der Waals surface area contributed by atoms with Crippen LogP contribution in [-0.2, 0) is 23.9 Å². The van der Waals surface area contributed by atoms with Gasteiger partial charge in [0.1, 0.15) is 17.7 Å². The Bertz CT molecular complexity index is 957. The first-order valence-electron chi connectivity index (χ1n) is 9.98. The lowest BCUT2D eigenvalue weighted by atomic mass is 9.94. The largest absolute Gasteiger partial charge is 0.458 e. The number of carbonyl (C=O) groups is 4. The van der Waals surface area contributed by atoms with Crippen LogP contribution >= 0.6 is 0 Å². The summed E-state index contributed by atoms with van der Waals surface area (Å²) in [5, 5.41) is 5.43. The predicted octanol–water partition coefficient (Wildman–Crippen LogP) is 1.30. The third kappa shape index (κ3) is 5.47. The molecular weight excluding hydrogens is 428 g/mol. The quantitative estimate of drug-likeness (QED) is 0.601. The Labute approximate surface area is 182 Å². The molecule has 2 atom stereocenters. The maximum atomic E-state index is 14.9. The molecule has 32 heavy (non-hydrogen) atoms. The summed E-state index contributed by atoms with van der Waals surface area (Å²) >= 11 is 0. The van der Waals surface area contributed by atoms with Crippen molar-refractivity contribution >= 4 is 35.0 Å². The number of ether oxygens (including phenoxy) is 2. The lowest BCUT2D eigenvalue weighted by molar-refractivity contribution is -0.146. The van der Waals surface area contributed by atoms with E-state index in [0.717, 1.165) is 17.0 Å². The molecule has 1 saturated heterocycles. The van der Waals surface area contributed by atoms with Crippen LogP contribution in [0.3, 0.4) is 0 Å². The molecule has 11 heteroatoms. The van der Waals surface area contributed by atoms with Crippen molar-refractivity contribution in [1.82, 2.24) is 10.6 Å². The lowest BCUT2D eigenvalue weighted by Crippen LogP contribution is -2.40. The van der Waals surface area contributed by atoms with Crippen molar-refractivity contribution in [1.29, 1.82) is 0 Å². The predicted molar refractivity (Wildman–Crippen MR) is 109 cm³/mol. The number of hydrogen-bond acceptors (Lipinski definition) is 7. The molecule has 9 nitrogen and oxygen atoms in total. The molecule has 1 fully saturated rings. The van der Waals surface area contributed by atoms with Crippen LogP contribution in [0, 0.1) is 11.6 Å². The van der Waals surface area contributed by atoms with Crippen molar-refractivity contribution in [2.24, 2.45) is 0 Å². The Kier molecular flexibility index (Phi) is 7.18. The number of anilines is 1. The maximum absolute atomic E-state index is 14.9. The number of ketones is 1. The number of benzene rings is 1. The number of Topliss-reactive ketones (excluding diaryl/α,β-unsaturated/α-hetero) is 1. The monoisotopic (exact) mass is 451 g/mol. The van der Waals surface area contributed by atoms with Gasteiger partial charge in [-0.05, 0) is 24.1 Å². The van der Waals surface area contributed by atoms with Crippen molar-refractivity contribution in [2.75, 3.05) is 31.1 Å². The molecule has 3 rings (SSSR count). The molecule has 1 aromatic rings. The number of carbonyl (C=O) groups excluding carboxylic acids is 4. The van der Waals surface area contributed by atoms with Crippen LogP contribution in [0.4, 0.5) is 19.3 Å². The number of rotatable bonds is 7. The van der Waals surface area contributed by atoms with Gasteiger partial charge in [0.15, 0.2) is 12.4 Å². The van der Waals surface area contributed by atoms with Gasteiger partial charge in [0.05, 0.1) is 24.8 Å². The summed E-state index contributed by atoms with van der Waals surface area (Å²) in [6.07, 6.45) is 0.261. The number of halogens is 2. The summed E-state index contributed by atoms with van der Waals surface area (Å²) in [5.74, 6) is -3.12. The number of nitrogens with one attached hydrogen (secondary N) is 2.